The number of alkyl halides is 3. The molecule has 0 radical (unpaired) electrons. The first-order chi connectivity index (χ1) is 10.8. The molecule has 23 heavy (non-hydrogen) atoms. The van der Waals surface area contributed by atoms with Crippen molar-refractivity contribution in [2.45, 2.75) is 25.9 Å². The predicted octanol–water partition coefficient (Wildman–Crippen LogP) is 3.36. The molecule has 0 aliphatic heterocycles. The SMILES string of the molecule is CC(C)c1cc(=O)[nH]c(N/N=C\c2ccc(C(F)(F)F)cc2)n1. The fraction of sp³-hybridized carbons (Fsp3) is 0.267. The Labute approximate surface area is 130 Å². The smallest absolute Gasteiger partial charge is 0.291 e. The Hall–Kier alpha value is -2.64. The van der Waals surface area contributed by atoms with Crippen LogP contribution in [0.15, 0.2) is 40.2 Å². The second-order valence-electron chi connectivity index (χ2n) is 5.16. The lowest BCUT2D eigenvalue weighted by molar-refractivity contribution is -0.137. The molecule has 0 atom stereocenters. The minimum absolute atomic E-state index is 0.0803. The van der Waals surface area contributed by atoms with Gasteiger partial charge in [0, 0.05) is 6.07 Å². The zero-order chi connectivity index (χ0) is 17.0. The molecule has 122 valence electrons. The van der Waals surface area contributed by atoms with Crippen molar-refractivity contribution in [3.8, 4) is 0 Å². The summed E-state index contributed by atoms with van der Waals surface area (Å²) in [5.41, 5.74) is 2.61. The lowest BCUT2D eigenvalue weighted by atomic mass is 10.1. The fourth-order valence-corrected chi connectivity index (χ4v) is 1.75. The van der Waals surface area contributed by atoms with Crippen LogP contribution in [0.4, 0.5) is 19.1 Å². The van der Waals surface area contributed by atoms with E-state index in [0.717, 1.165) is 12.1 Å². The molecule has 2 N–H and O–H groups in total. The fourth-order valence-electron chi connectivity index (χ4n) is 1.75. The van der Waals surface area contributed by atoms with Crippen LogP contribution in [0.3, 0.4) is 0 Å². The minimum atomic E-state index is -4.37. The first kappa shape index (κ1) is 16.7. The predicted molar refractivity (Wildman–Crippen MR) is 81.6 cm³/mol. The lowest BCUT2D eigenvalue weighted by Crippen LogP contribution is -2.12. The molecule has 8 heteroatoms. The van der Waals surface area contributed by atoms with Crippen LogP contribution in [0.2, 0.25) is 0 Å². The summed E-state index contributed by atoms with van der Waals surface area (Å²) in [5.74, 6) is 0.251. The van der Waals surface area contributed by atoms with E-state index in [1.807, 2.05) is 13.8 Å². The van der Waals surface area contributed by atoms with Gasteiger partial charge in [0.2, 0.25) is 5.95 Å². The molecule has 0 aliphatic carbocycles. The van der Waals surface area contributed by atoms with Crippen molar-refractivity contribution in [3.63, 3.8) is 0 Å². The van der Waals surface area contributed by atoms with Gasteiger partial charge in [-0.2, -0.15) is 18.3 Å². The summed E-state index contributed by atoms with van der Waals surface area (Å²) in [6.07, 6.45) is -3.03. The zero-order valence-electron chi connectivity index (χ0n) is 12.5. The molecule has 2 rings (SSSR count). The topological polar surface area (TPSA) is 70.1 Å². The summed E-state index contributed by atoms with van der Waals surface area (Å²) in [4.78, 5) is 18.1. The number of benzene rings is 1. The molecular weight excluding hydrogens is 309 g/mol. The summed E-state index contributed by atoms with van der Waals surface area (Å²) in [6, 6.07) is 5.95. The molecular formula is C15H15F3N4O. The highest BCUT2D eigenvalue weighted by atomic mass is 19.4. The van der Waals surface area contributed by atoms with Gasteiger partial charge < -0.3 is 0 Å². The quantitative estimate of drug-likeness (QED) is 0.669. The van der Waals surface area contributed by atoms with Crippen LogP contribution in [0.25, 0.3) is 0 Å². The van der Waals surface area contributed by atoms with E-state index in [1.54, 1.807) is 0 Å². The second kappa shape index (κ2) is 6.64. The number of nitrogens with one attached hydrogen (secondary N) is 2. The molecule has 0 saturated heterocycles. The van der Waals surface area contributed by atoms with E-state index >= 15 is 0 Å². The second-order valence-corrected chi connectivity index (χ2v) is 5.16. The molecule has 1 aromatic heterocycles. The van der Waals surface area contributed by atoms with Gasteiger partial charge in [-0.25, -0.2) is 10.4 Å². The lowest BCUT2D eigenvalue weighted by Gasteiger charge is -2.06. The van der Waals surface area contributed by atoms with Crippen molar-refractivity contribution in [2.75, 3.05) is 5.43 Å². The molecule has 0 fully saturated rings. The average molecular weight is 324 g/mol. The van der Waals surface area contributed by atoms with Crippen molar-refractivity contribution in [1.29, 1.82) is 0 Å². The van der Waals surface area contributed by atoms with E-state index in [2.05, 4.69) is 20.5 Å². The summed E-state index contributed by atoms with van der Waals surface area (Å²) >= 11 is 0. The van der Waals surface area contributed by atoms with E-state index in [-0.39, 0.29) is 17.4 Å². The third-order valence-corrected chi connectivity index (χ3v) is 2.98. The minimum Gasteiger partial charge on any atom is -0.291 e. The van der Waals surface area contributed by atoms with Crippen molar-refractivity contribution in [3.05, 3.63) is 57.5 Å². The zero-order valence-corrected chi connectivity index (χ0v) is 12.5. The summed E-state index contributed by atoms with van der Waals surface area (Å²) in [7, 11) is 0. The average Bonchev–Trinajstić information content (AvgIpc) is 2.46. The molecule has 0 saturated carbocycles. The van der Waals surface area contributed by atoms with E-state index in [1.165, 1.54) is 24.4 Å². The van der Waals surface area contributed by atoms with Crippen LogP contribution < -0.4 is 11.0 Å². The van der Waals surface area contributed by atoms with Gasteiger partial charge in [-0.05, 0) is 23.6 Å². The van der Waals surface area contributed by atoms with Crippen LogP contribution >= 0.6 is 0 Å². The summed E-state index contributed by atoms with van der Waals surface area (Å²) < 4.78 is 37.3. The summed E-state index contributed by atoms with van der Waals surface area (Å²) in [5, 5.41) is 3.86. The molecule has 0 amide bonds. The molecule has 0 spiro atoms. The molecule has 0 bridgehead atoms. The maximum absolute atomic E-state index is 12.4. The number of hydrogen-bond acceptors (Lipinski definition) is 4. The number of H-pyrrole nitrogens is 1. The van der Waals surface area contributed by atoms with E-state index < -0.39 is 11.7 Å². The first-order valence-electron chi connectivity index (χ1n) is 6.83. The molecule has 5 nitrogen and oxygen atoms in total. The number of nitrogens with zero attached hydrogens (tertiary/aromatic N) is 2. The Bertz CT molecular complexity index is 749. The Balaban J connectivity index is 2.09. The number of hydrogen-bond donors (Lipinski definition) is 2. The van der Waals surface area contributed by atoms with Gasteiger partial charge in [-0.1, -0.05) is 26.0 Å². The van der Waals surface area contributed by atoms with E-state index in [9.17, 15) is 18.0 Å². The number of aromatic amines is 1. The number of rotatable bonds is 4. The maximum atomic E-state index is 12.4. The standard InChI is InChI=1S/C15H15F3N4O/c1-9(2)12-7-13(23)21-14(20-12)22-19-8-10-3-5-11(6-4-10)15(16,17)18/h3-9H,1-2H3,(H2,20,21,22,23)/b19-8-. The van der Waals surface area contributed by atoms with Gasteiger partial charge in [0.25, 0.3) is 5.56 Å². The highest BCUT2D eigenvalue weighted by Gasteiger charge is 2.29. The highest BCUT2D eigenvalue weighted by Crippen LogP contribution is 2.28. The van der Waals surface area contributed by atoms with Gasteiger partial charge in [0.1, 0.15) is 0 Å². The van der Waals surface area contributed by atoms with Gasteiger partial charge in [-0.15, -0.1) is 0 Å². The molecule has 0 unspecified atom stereocenters. The number of aromatic nitrogens is 2. The summed E-state index contributed by atoms with van der Waals surface area (Å²) in [6.45, 7) is 3.80. The van der Waals surface area contributed by atoms with Crippen molar-refractivity contribution in [1.82, 2.24) is 9.97 Å². The number of anilines is 1. The Morgan fingerprint density at radius 1 is 1.26 bits per heavy atom. The van der Waals surface area contributed by atoms with Gasteiger partial charge in [-0.3, -0.25) is 9.78 Å². The Morgan fingerprint density at radius 3 is 2.48 bits per heavy atom. The van der Waals surface area contributed by atoms with Crippen LogP contribution in [0, 0.1) is 0 Å². The van der Waals surface area contributed by atoms with Gasteiger partial charge in [0.05, 0.1) is 17.5 Å². The highest BCUT2D eigenvalue weighted by molar-refractivity contribution is 5.80. The maximum Gasteiger partial charge on any atom is 0.416 e. The van der Waals surface area contributed by atoms with Crippen molar-refractivity contribution < 1.29 is 13.2 Å². The van der Waals surface area contributed by atoms with Crippen LogP contribution in [0.1, 0.15) is 36.6 Å². The number of halogens is 3. The molecule has 1 aromatic carbocycles. The number of hydrazone groups is 1. The Kier molecular flexibility index (Phi) is 4.83. The largest absolute Gasteiger partial charge is 0.416 e. The van der Waals surface area contributed by atoms with Crippen LogP contribution in [-0.2, 0) is 6.18 Å². The molecule has 2 aromatic rings. The van der Waals surface area contributed by atoms with Gasteiger partial charge >= 0.3 is 6.18 Å². The van der Waals surface area contributed by atoms with Crippen molar-refractivity contribution in [2.24, 2.45) is 5.10 Å². The third kappa shape index (κ3) is 4.67. The Morgan fingerprint density at radius 2 is 1.91 bits per heavy atom. The monoisotopic (exact) mass is 324 g/mol. The van der Waals surface area contributed by atoms with E-state index in [0.29, 0.717) is 11.3 Å². The molecule has 0 aliphatic rings. The van der Waals surface area contributed by atoms with Gasteiger partial charge in [0.15, 0.2) is 0 Å². The van der Waals surface area contributed by atoms with E-state index in [4.69, 9.17) is 0 Å². The van der Waals surface area contributed by atoms with Crippen LogP contribution in [0.5, 0.6) is 0 Å². The first-order valence-corrected chi connectivity index (χ1v) is 6.83. The third-order valence-electron chi connectivity index (χ3n) is 2.98. The normalized spacial score (nSPS) is 12.1. The van der Waals surface area contributed by atoms with Crippen molar-refractivity contribution >= 4 is 12.2 Å². The van der Waals surface area contributed by atoms with Crippen LogP contribution in [-0.4, -0.2) is 16.2 Å². The molecule has 1 heterocycles.